The van der Waals surface area contributed by atoms with Crippen LogP contribution in [0.2, 0.25) is 5.02 Å². The van der Waals surface area contributed by atoms with Gasteiger partial charge in [0.2, 0.25) is 0 Å². The Morgan fingerprint density at radius 2 is 1.91 bits per heavy atom. The topological polar surface area (TPSA) is 62.7 Å². The number of para-hydroxylation sites is 1. The predicted octanol–water partition coefficient (Wildman–Crippen LogP) is 4.93. The number of aromatic nitrogens is 1. The van der Waals surface area contributed by atoms with Crippen LogP contribution in [-0.4, -0.2) is 59.4 Å². The quantitative estimate of drug-likeness (QED) is 0.655. The fraction of sp³-hybridized carbons (Fsp3) is 0.480. The second-order valence-corrected chi connectivity index (χ2v) is 9.17. The zero-order valence-electron chi connectivity index (χ0n) is 19.1. The van der Waals surface area contributed by atoms with Crippen LogP contribution in [0, 0.1) is 5.92 Å². The van der Waals surface area contributed by atoms with Gasteiger partial charge < -0.3 is 14.5 Å². The zero-order valence-corrected chi connectivity index (χ0v) is 19.8. The molecule has 0 spiro atoms. The highest BCUT2D eigenvalue weighted by Crippen LogP contribution is 2.23. The number of rotatable bonds is 3. The summed E-state index contributed by atoms with van der Waals surface area (Å²) >= 11 is 5.97. The van der Waals surface area contributed by atoms with E-state index in [9.17, 15) is 9.59 Å². The summed E-state index contributed by atoms with van der Waals surface area (Å²) in [6, 6.07) is 10.5. The van der Waals surface area contributed by atoms with Crippen molar-refractivity contribution in [1.29, 1.82) is 0 Å². The van der Waals surface area contributed by atoms with Crippen molar-refractivity contribution in [3.05, 3.63) is 58.9 Å². The van der Waals surface area contributed by atoms with Crippen LogP contribution in [0.5, 0.6) is 5.75 Å². The molecule has 2 heterocycles. The molecule has 0 saturated carbocycles. The highest BCUT2D eigenvalue weighted by Gasteiger charge is 2.28. The van der Waals surface area contributed by atoms with Crippen LogP contribution < -0.4 is 4.74 Å². The van der Waals surface area contributed by atoms with E-state index in [1.807, 2.05) is 30.1 Å². The van der Waals surface area contributed by atoms with Gasteiger partial charge in [-0.2, -0.15) is 0 Å². The fourth-order valence-corrected chi connectivity index (χ4v) is 4.11. The standard InChI is InChI=1S/C25H32ClN3O3/c1-18(2)15-20-17-32-23-10-6-5-9-21(23)24(30)28(3)13-7-4-8-14-29(20)25(31)22-12-11-19(26)16-27-22/h5-6,9-12,16,18,20H,4,7-8,13-15,17H2,1-3H3/t20-/m0/s1. The number of carbonyl (C=O) groups is 2. The second kappa shape index (κ2) is 11.3. The van der Waals surface area contributed by atoms with Gasteiger partial charge in [0, 0.05) is 26.3 Å². The molecule has 0 radical (unpaired) electrons. The van der Waals surface area contributed by atoms with Crippen molar-refractivity contribution in [3.63, 3.8) is 0 Å². The molecule has 0 unspecified atom stereocenters. The Morgan fingerprint density at radius 3 is 2.62 bits per heavy atom. The molecule has 0 fully saturated rings. The summed E-state index contributed by atoms with van der Waals surface area (Å²) in [5.74, 6) is 0.760. The first-order valence-electron chi connectivity index (χ1n) is 11.3. The van der Waals surface area contributed by atoms with E-state index in [-0.39, 0.29) is 17.9 Å². The molecule has 1 aliphatic heterocycles. The van der Waals surface area contributed by atoms with Gasteiger partial charge in [-0.25, -0.2) is 4.98 Å². The van der Waals surface area contributed by atoms with Gasteiger partial charge in [0.15, 0.2) is 0 Å². The van der Waals surface area contributed by atoms with E-state index in [0.29, 0.717) is 47.6 Å². The van der Waals surface area contributed by atoms with Crippen LogP contribution in [-0.2, 0) is 0 Å². The van der Waals surface area contributed by atoms with Crippen LogP contribution in [0.15, 0.2) is 42.6 Å². The fourth-order valence-electron chi connectivity index (χ4n) is 4.00. The highest BCUT2D eigenvalue weighted by atomic mass is 35.5. The lowest BCUT2D eigenvalue weighted by atomic mass is 10.0. The SMILES string of the molecule is CC(C)C[C@H]1COc2ccccc2C(=O)N(C)CCCCCN1C(=O)c1ccc(Cl)cn1. The van der Waals surface area contributed by atoms with Gasteiger partial charge in [0.25, 0.3) is 11.8 Å². The third kappa shape index (κ3) is 6.22. The number of pyridine rings is 1. The molecule has 0 N–H and O–H groups in total. The summed E-state index contributed by atoms with van der Waals surface area (Å²) in [7, 11) is 1.82. The van der Waals surface area contributed by atoms with Crippen molar-refractivity contribution < 1.29 is 14.3 Å². The number of benzene rings is 1. The molecule has 6 nitrogen and oxygen atoms in total. The number of halogens is 1. The monoisotopic (exact) mass is 457 g/mol. The van der Waals surface area contributed by atoms with Gasteiger partial charge in [-0.15, -0.1) is 0 Å². The van der Waals surface area contributed by atoms with Crippen LogP contribution in [0.25, 0.3) is 0 Å². The normalized spacial score (nSPS) is 18.3. The van der Waals surface area contributed by atoms with Crippen LogP contribution in [0.1, 0.15) is 60.4 Å². The van der Waals surface area contributed by atoms with Crippen molar-refractivity contribution >= 4 is 23.4 Å². The third-order valence-corrected chi connectivity index (χ3v) is 5.90. The van der Waals surface area contributed by atoms with Crippen LogP contribution >= 0.6 is 11.6 Å². The van der Waals surface area contributed by atoms with Gasteiger partial charge in [-0.3, -0.25) is 9.59 Å². The van der Waals surface area contributed by atoms with Gasteiger partial charge in [-0.1, -0.05) is 37.6 Å². The lowest BCUT2D eigenvalue weighted by Crippen LogP contribution is -2.45. The first kappa shape index (κ1) is 24.1. The molecular weight excluding hydrogens is 426 g/mol. The lowest BCUT2D eigenvalue weighted by Gasteiger charge is -2.33. The molecule has 0 saturated heterocycles. The van der Waals surface area contributed by atoms with E-state index in [2.05, 4.69) is 18.8 Å². The lowest BCUT2D eigenvalue weighted by molar-refractivity contribution is 0.0567. The summed E-state index contributed by atoms with van der Waals surface area (Å²) in [4.78, 5) is 34.3. The number of nitrogens with zero attached hydrogens (tertiary/aromatic N) is 3. The molecular formula is C25H32ClN3O3. The smallest absolute Gasteiger partial charge is 0.272 e. The van der Waals surface area contributed by atoms with Gasteiger partial charge >= 0.3 is 0 Å². The van der Waals surface area contributed by atoms with E-state index in [1.54, 1.807) is 23.1 Å². The molecule has 3 rings (SSSR count). The minimum absolute atomic E-state index is 0.0430. The van der Waals surface area contributed by atoms with E-state index in [4.69, 9.17) is 16.3 Å². The van der Waals surface area contributed by atoms with Crippen LogP contribution in [0.3, 0.4) is 0 Å². The van der Waals surface area contributed by atoms with Crippen molar-refractivity contribution in [2.75, 3.05) is 26.7 Å². The van der Waals surface area contributed by atoms with E-state index in [0.717, 1.165) is 25.7 Å². The van der Waals surface area contributed by atoms with E-state index < -0.39 is 0 Å². The average Bonchev–Trinajstić information content (AvgIpc) is 2.79. The molecule has 7 heteroatoms. The Balaban J connectivity index is 1.92. The summed E-state index contributed by atoms with van der Waals surface area (Å²) in [5.41, 5.74) is 0.928. The first-order chi connectivity index (χ1) is 15.4. The van der Waals surface area contributed by atoms with Crippen molar-refractivity contribution in [2.24, 2.45) is 5.92 Å². The molecule has 32 heavy (non-hydrogen) atoms. The summed E-state index contributed by atoms with van der Waals surface area (Å²) in [5, 5.41) is 0.499. The summed E-state index contributed by atoms with van der Waals surface area (Å²) in [6.45, 7) is 5.86. The van der Waals surface area contributed by atoms with Gasteiger partial charge in [0.05, 0.1) is 16.6 Å². The Morgan fingerprint density at radius 1 is 1.16 bits per heavy atom. The molecule has 2 aromatic rings. The van der Waals surface area contributed by atoms with E-state index >= 15 is 0 Å². The van der Waals surface area contributed by atoms with E-state index in [1.165, 1.54) is 6.20 Å². The predicted molar refractivity (Wildman–Crippen MR) is 126 cm³/mol. The molecule has 0 aliphatic carbocycles. The Hall–Kier alpha value is -2.60. The zero-order chi connectivity index (χ0) is 23.1. The number of amides is 2. The molecule has 1 aliphatic rings. The summed E-state index contributed by atoms with van der Waals surface area (Å²) in [6.07, 6.45) is 4.94. The molecule has 1 atom stereocenters. The van der Waals surface area contributed by atoms with Crippen molar-refractivity contribution in [2.45, 2.75) is 45.6 Å². The second-order valence-electron chi connectivity index (χ2n) is 8.74. The molecule has 0 bridgehead atoms. The number of hydrogen-bond donors (Lipinski definition) is 0. The maximum Gasteiger partial charge on any atom is 0.272 e. The first-order valence-corrected chi connectivity index (χ1v) is 11.6. The largest absolute Gasteiger partial charge is 0.491 e. The van der Waals surface area contributed by atoms with Crippen molar-refractivity contribution in [3.8, 4) is 5.75 Å². The molecule has 172 valence electrons. The van der Waals surface area contributed by atoms with Gasteiger partial charge in [0.1, 0.15) is 18.1 Å². The Kier molecular flexibility index (Phi) is 8.51. The molecule has 2 amide bonds. The van der Waals surface area contributed by atoms with Gasteiger partial charge in [-0.05, 0) is 55.9 Å². The summed E-state index contributed by atoms with van der Waals surface area (Å²) < 4.78 is 6.19. The number of carbonyl (C=O) groups excluding carboxylic acids is 2. The number of hydrogen-bond acceptors (Lipinski definition) is 4. The number of fused-ring (bicyclic) bond motifs is 1. The maximum absolute atomic E-state index is 13.4. The Bertz CT molecular complexity index is 917. The minimum atomic E-state index is -0.137. The third-order valence-electron chi connectivity index (χ3n) is 5.68. The molecule has 1 aromatic carbocycles. The van der Waals surface area contributed by atoms with Crippen molar-refractivity contribution in [1.82, 2.24) is 14.8 Å². The maximum atomic E-state index is 13.4. The average molecular weight is 458 g/mol. The molecule has 1 aromatic heterocycles. The highest BCUT2D eigenvalue weighted by molar-refractivity contribution is 6.30. The number of ether oxygens (including phenoxy) is 1. The minimum Gasteiger partial charge on any atom is -0.491 e. The Labute approximate surface area is 195 Å². The van der Waals surface area contributed by atoms with Crippen LogP contribution in [0.4, 0.5) is 0 Å².